The zero-order valence-corrected chi connectivity index (χ0v) is 6.14. The van der Waals surface area contributed by atoms with E-state index in [0.717, 1.165) is 0 Å². The number of ether oxygens (including phenoxy) is 1. The van der Waals surface area contributed by atoms with E-state index in [2.05, 4.69) is 14.7 Å². The second kappa shape index (κ2) is 3.90. The Balaban J connectivity index is 0.000000810. The Kier molecular flexibility index (Phi) is 3.49. The summed E-state index contributed by atoms with van der Waals surface area (Å²) in [4.78, 5) is 16.8. The molecular weight excluding hydrogens is 156 g/mol. The summed E-state index contributed by atoms with van der Waals surface area (Å²) < 4.78 is 4.36. The van der Waals surface area contributed by atoms with Crippen molar-refractivity contribution in [3.05, 3.63) is 18.2 Å². The molecule has 56 valence electrons. The van der Waals surface area contributed by atoms with Gasteiger partial charge in [-0.05, 0) is 0 Å². The summed E-state index contributed by atoms with van der Waals surface area (Å²) in [6, 6.07) is 0. The number of aromatic amines is 1. The first-order valence-electron chi connectivity index (χ1n) is 2.42. The lowest BCUT2D eigenvalue weighted by Crippen LogP contribution is -2.02. The fourth-order valence-corrected chi connectivity index (χ4v) is 0.474. The molecule has 0 radical (unpaired) electrons. The molecule has 0 fully saturated rings. The zero-order chi connectivity index (χ0) is 6.69. The highest BCUT2D eigenvalue weighted by molar-refractivity contribution is 5.85. The fraction of sp³-hybridized carbons (Fsp3) is 0.200. The number of nitrogens with one attached hydrogen (secondary N) is 1. The van der Waals surface area contributed by atoms with Gasteiger partial charge >= 0.3 is 5.97 Å². The minimum Gasteiger partial charge on any atom is -0.463 e. The van der Waals surface area contributed by atoms with Crippen molar-refractivity contribution in [2.24, 2.45) is 0 Å². The predicted molar refractivity (Wildman–Crippen MR) is 37.2 cm³/mol. The predicted octanol–water partition coefficient (Wildman–Crippen LogP) is 0.618. The van der Waals surface area contributed by atoms with Gasteiger partial charge in [0, 0.05) is 12.4 Å². The van der Waals surface area contributed by atoms with Crippen molar-refractivity contribution >= 4 is 18.4 Å². The van der Waals surface area contributed by atoms with Crippen LogP contribution in [0.3, 0.4) is 0 Å². The van der Waals surface area contributed by atoms with Gasteiger partial charge < -0.3 is 9.72 Å². The molecule has 1 aromatic rings. The molecule has 0 amide bonds. The first-order valence-corrected chi connectivity index (χ1v) is 2.42. The highest BCUT2D eigenvalue weighted by Crippen LogP contribution is 1.89. The maximum Gasteiger partial charge on any atom is 0.374 e. The van der Waals surface area contributed by atoms with Crippen molar-refractivity contribution in [3.63, 3.8) is 0 Å². The van der Waals surface area contributed by atoms with Gasteiger partial charge in [-0.1, -0.05) is 0 Å². The Bertz CT molecular complexity index is 197. The quantitative estimate of drug-likeness (QED) is 0.616. The number of halogens is 1. The van der Waals surface area contributed by atoms with E-state index in [9.17, 15) is 4.79 Å². The van der Waals surface area contributed by atoms with E-state index in [-0.39, 0.29) is 18.2 Å². The molecule has 5 heteroatoms. The molecule has 0 atom stereocenters. The van der Waals surface area contributed by atoms with Crippen molar-refractivity contribution < 1.29 is 9.53 Å². The van der Waals surface area contributed by atoms with E-state index < -0.39 is 5.97 Å². The second-order valence-corrected chi connectivity index (χ2v) is 1.43. The van der Waals surface area contributed by atoms with Crippen molar-refractivity contribution in [3.8, 4) is 0 Å². The molecule has 0 aliphatic heterocycles. The molecule has 0 aromatic carbocycles. The van der Waals surface area contributed by atoms with E-state index in [0.29, 0.717) is 0 Å². The number of H-pyrrole nitrogens is 1. The van der Waals surface area contributed by atoms with Crippen LogP contribution in [0.2, 0.25) is 0 Å². The summed E-state index contributed by atoms with van der Waals surface area (Å²) in [6.45, 7) is 0. The van der Waals surface area contributed by atoms with Crippen molar-refractivity contribution in [2.45, 2.75) is 0 Å². The SMILES string of the molecule is COC(=O)c1ncc[nH]1.Cl. The maximum absolute atomic E-state index is 10.6. The van der Waals surface area contributed by atoms with Gasteiger partial charge in [-0.15, -0.1) is 12.4 Å². The standard InChI is InChI=1S/C5H6N2O2.ClH/c1-9-5(8)4-6-2-3-7-4;/h2-3H,1H3,(H,6,7);1H. The third-order valence-corrected chi connectivity index (χ3v) is 0.877. The molecule has 1 aromatic heterocycles. The number of rotatable bonds is 1. The van der Waals surface area contributed by atoms with Crippen LogP contribution in [0.1, 0.15) is 10.6 Å². The largest absolute Gasteiger partial charge is 0.463 e. The van der Waals surface area contributed by atoms with Gasteiger partial charge in [0.15, 0.2) is 0 Å². The van der Waals surface area contributed by atoms with Gasteiger partial charge in [0.2, 0.25) is 5.82 Å². The van der Waals surface area contributed by atoms with E-state index in [1.165, 1.54) is 13.3 Å². The number of carbonyl (C=O) groups is 1. The first kappa shape index (κ1) is 8.97. The second-order valence-electron chi connectivity index (χ2n) is 1.43. The van der Waals surface area contributed by atoms with E-state index >= 15 is 0 Å². The molecule has 1 N–H and O–H groups in total. The van der Waals surface area contributed by atoms with E-state index in [1.807, 2.05) is 0 Å². The highest BCUT2D eigenvalue weighted by Gasteiger charge is 2.04. The summed E-state index contributed by atoms with van der Waals surface area (Å²) >= 11 is 0. The maximum atomic E-state index is 10.6. The van der Waals surface area contributed by atoms with Crippen LogP contribution in [-0.2, 0) is 4.74 Å². The van der Waals surface area contributed by atoms with Gasteiger partial charge in [-0.3, -0.25) is 0 Å². The molecule has 0 saturated heterocycles. The Labute approximate surface area is 64.0 Å². The molecule has 1 rings (SSSR count). The molecule has 0 saturated carbocycles. The van der Waals surface area contributed by atoms with E-state index in [4.69, 9.17) is 0 Å². The number of hydrogen-bond acceptors (Lipinski definition) is 3. The number of hydrogen-bond donors (Lipinski definition) is 1. The zero-order valence-electron chi connectivity index (χ0n) is 5.33. The van der Waals surface area contributed by atoms with Gasteiger partial charge in [-0.2, -0.15) is 0 Å². The third-order valence-electron chi connectivity index (χ3n) is 0.877. The molecule has 4 nitrogen and oxygen atoms in total. The van der Waals surface area contributed by atoms with Crippen LogP contribution in [0.25, 0.3) is 0 Å². The monoisotopic (exact) mass is 162 g/mol. The molecule has 10 heavy (non-hydrogen) atoms. The lowest BCUT2D eigenvalue weighted by Gasteiger charge is -1.89. The van der Waals surface area contributed by atoms with Crippen LogP contribution in [0.5, 0.6) is 0 Å². The Hall–Kier alpha value is -1.03. The number of methoxy groups -OCH3 is 1. The smallest absolute Gasteiger partial charge is 0.374 e. The Morgan fingerprint density at radius 1 is 1.80 bits per heavy atom. The van der Waals surface area contributed by atoms with Crippen LogP contribution in [0.15, 0.2) is 12.4 Å². The minimum absolute atomic E-state index is 0. The van der Waals surface area contributed by atoms with Gasteiger partial charge in [0.1, 0.15) is 0 Å². The average molecular weight is 163 g/mol. The number of nitrogens with zero attached hydrogens (tertiary/aromatic N) is 1. The van der Waals surface area contributed by atoms with Gasteiger partial charge in [0.05, 0.1) is 7.11 Å². The highest BCUT2D eigenvalue weighted by atomic mass is 35.5. The average Bonchev–Trinajstić information content (AvgIpc) is 2.37. The molecule has 0 bridgehead atoms. The summed E-state index contributed by atoms with van der Waals surface area (Å²) in [5.41, 5.74) is 0. The van der Waals surface area contributed by atoms with Crippen molar-refractivity contribution in [2.75, 3.05) is 7.11 Å². The Morgan fingerprint density at radius 3 is 2.90 bits per heavy atom. The first-order chi connectivity index (χ1) is 4.34. The molecule has 1 heterocycles. The third kappa shape index (κ3) is 1.73. The number of carbonyl (C=O) groups excluding carboxylic acids is 1. The number of imidazole rings is 1. The lowest BCUT2D eigenvalue weighted by atomic mass is 10.6. The molecule has 0 spiro atoms. The van der Waals surface area contributed by atoms with Crippen LogP contribution in [0.4, 0.5) is 0 Å². The summed E-state index contributed by atoms with van der Waals surface area (Å²) in [6.07, 6.45) is 3.05. The van der Waals surface area contributed by atoms with Crippen molar-refractivity contribution in [1.82, 2.24) is 9.97 Å². The van der Waals surface area contributed by atoms with E-state index in [1.54, 1.807) is 6.20 Å². The van der Waals surface area contributed by atoms with Crippen LogP contribution in [0, 0.1) is 0 Å². The Morgan fingerprint density at radius 2 is 2.50 bits per heavy atom. The topological polar surface area (TPSA) is 55.0 Å². The van der Waals surface area contributed by atoms with Crippen molar-refractivity contribution in [1.29, 1.82) is 0 Å². The fourth-order valence-electron chi connectivity index (χ4n) is 0.474. The summed E-state index contributed by atoms with van der Waals surface area (Å²) in [5, 5.41) is 0. The normalized spacial score (nSPS) is 8.10. The van der Waals surface area contributed by atoms with Gasteiger partial charge in [-0.25, -0.2) is 9.78 Å². The molecule has 0 aliphatic rings. The van der Waals surface area contributed by atoms with Crippen LogP contribution >= 0.6 is 12.4 Å². The number of aromatic nitrogens is 2. The van der Waals surface area contributed by atoms with Gasteiger partial charge in [0.25, 0.3) is 0 Å². The van der Waals surface area contributed by atoms with Crippen LogP contribution < -0.4 is 0 Å². The molecular formula is C5H7ClN2O2. The number of esters is 1. The molecule has 0 unspecified atom stereocenters. The van der Waals surface area contributed by atoms with Crippen LogP contribution in [-0.4, -0.2) is 23.0 Å². The summed E-state index contributed by atoms with van der Waals surface area (Å²) in [5.74, 6) is -0.211. The summed E-state index contributed by atoms with van der Waals surface area (Å²) in [7, 11) is 1.31. The molecule has 0 aliphatic carbocycles. The minimum atomic E-state index is -0.444. The lowest BCUT2D eigenvalue weighted by molar-refractivity contribution is 0.0588.